The molecule has 2 aromatic rings. The molecule has 0 aliphatic carbocycles. The van der Waals surface area contributed by atoms with Crippen molar-refractivity contribution in [2.24, 2.45) is 0 Å². The zero-order chi connectivity index (χ0) is 21.5. The lowest BCUT2D eigenvalue weighted by atomic mass is 10.1. The van der Waals surface area contributed by atoms with Gasteiger partial charge in [0.2, 0.25) is 0 Å². The average Bonchev–Trinajstić information content (AvgIpc) is 2.69. The van der Waals surface area contributed by atoms with Crippen LogP contribution >= 0.6 is 0 Å². The SMILES string of the molecule is C=C[C@@H](CC[C@H](C)O[Si](c1ccccc1)(c1ccccc1)C(C)(C)C)OC(C)=O. The van der Waals surface area contributed by atoms with Crippen LogP contribution in [0.3, 0.4) is 0 Å². The normalized spacial score (nSPS) is 14.1. The molecule has 0 aliphatic rings. The Balaban J connectivity index is 2.38. The number of rotatable bonds is 9. The molecule has 0 radical (unpaired) electrons. The molecule has 0 N–H and O–H groups in total. The van der Waals surface area contributed by atoms with Crippen LogP contribution in [0.4, 0.5) is 0 Å². The molecule has 2 aromatic carbocycles. The fourth-order valence-corrected chi connectivity index (χ4v) is 8.63. The fraction of sp³-hybridized carbons (Fsp3) is 0.400. The van der Waals surface area contributed by atoms with Gasteiger partial charge in [0.25, 0.3) is 8.32 Å². The number of carbonyl (C=O) groups is 1. The van der Waals surface area contributed by atoms with Gasteiger partial charge in [-0.3, -0.25) is 4.79 Å². The third-order valence-corrected chi connectivity index (χ3v) is 10.4. The second-order valence-electron chi connectivity index (χ2n) is 8.55. The van der Waals surface area contributed by atoms with Crippen molar-refractivity contribution >= 4 is 24.7 Å². The first kappa shape index (κ1) is 23.1. The monoisotopic (exact) mass is 410 g/mol. The molecule has 0 heterocycles. The molecule has 0 amide bonds. The number of ether oxygens (including phenoxy) is 1. The van der Waals surface area contributed by atoms with Gasteiger partial charge >= 0.3 is 5.97 Å². The van der Waals surface area contributed by atoms with E-state index in [1.807, 2.05) is 12.1 Å². The summed E-state index contributed by atoms with van der Waals surface area (Å²) in [6, 6.07) is 21.3. The molecule has 0 fully saturated rings. The summed E-state index contributed by atoms with van der Waals surface area (Å²) in [5.74, 6) is -0.282. The highest BCUT2D eigenvalue weighted by Crippen LogP contribution is 2.37. The highest BCUT2D eigenvalue weighted by Gasteiger charge is 2.50. The third kappa shape index (κ3) is 5.68. The Labute approximate surface area is 176 Å². The van der Waals surface area contributed by atoms with Gasteiger partial charge in [-0.05, 0) is 35.2 Å². The van der Waals surface area contributed by atoms with Crippen molar-refractivity contribution in [1.29, 1.82) is 0 Å². The van der Waals surface area contributed by atoms with Gasteiger partial charge in [0.05, 0.1) is 0 Å². The van der Waals surface area contributed by atoms with Crippen molar-refractivity contribution in [3.05, 3.63) is 73.3 Å². The van der Waals surface area contributed by atoms with Crippen molar-refractivity contribution < 1.29 is 14.0 Å². The maximum absolute atomic E-state index is 11.3. The van der Waals surface area contributed by atoms with Gasteiger partial charge in [-0.1, -0.05) is 94.1 Å². The largest absolute Gasteiger partial charge is 0.458 e. The summed E-state index contributed by atoms with van der Waals surface area (Å²) >= 11 is 0. The predicted octanol–water partition coefficient (Wildman–Crippen LogP) is 4.85. The molecule has 0 saturated heterocycles. The molecule has 2 rings (SSSR count). The maximum atomic E-state index is 11.3. The summed E-state index contributed by atoms with van der Waals surface area (Å²) in [5, 5.41) is 2.48. The first-order chi connectivity index (χ1) is 13.7. The van der Waals surface area contributed by atoms with Crippen LogP contribution in [0.25, 0.3) is 0 Å². The maximum Gasteiger partial charge on any atom is 0.303 e. The summed E-state index contributed by atoms with van der Waals surface area (Å²) in [6.45, 7) is 14.2. The summed E-state index contributed by atoms with van der Waals surface area (Å²) in [4.78, 5) is 11.3. The van der Waals surface area contributed by atoms with Crippen molar-refractivity contribution in [1.82, 2.24) is 0 Å². The molecule has 0 aromatic heterocycles. The molecule has 2 atom stereocenters. The van der Waals surface area contributed by atoms with Gasteiger partial charge in [-0.2, -0.15) is 0 Å². The number of hydrogen-bond acceptors (Lipinski definition) is 3. The van der Waals surface area contributed by atoms with E-state index in [9.17, 15) is 4.79 Å². The van der Waals surface area contributed by atoms with Crippen molar-refractivity contribution in [3.63, 3.8) is 0 Å². The van der Waals surface area contributed by atoms with Gasteiger partial charge in [0, 0.05) is 13.0 Å². The molecule has 0 saturated carbocycles. The Bertz CT molecular complexity index is 741. The van der Waals surface area contributed by atoms with E-state index in [1.54, 1.807) is 6.08 Å². The first-order valence-corrected chi connectivity index (χ1v) is 12.2. The molecule has 3 nitrogen and oxygen atoms in total. The molecule has 0 aliphatic heterocycles. The summed E-state index contributed by atoms with van der Waals surface area (Å²) in [7, 11) is -2.56. The van der Waals surface area contributed by atoms with E-state index in [-0.39, 0.29) is 23.2 Å². The zero-order valence-corrected chi connectivity index (χ0v) is 19.4. The fourth-order valence-electron chi connectivity index (χ4n) is 3.89. The van der Waals surface area contributed by atoms with Crippen LogP contribution < -0.4 is 10.4 Å². The summed E-state index contributed by atoms with van der Waals surface area (Å²) in [6.07, 6.45) is 2.91. The first-order valence-electron chi connectivity index (χ1n) is 10.3. The molecule has 4 heteroatoms. The number of esters is 1. The van der Waals surface area contributed by atoms with Gasteiger partial charge < -0.3 is 9.16 Å². The van der Waals surface area contributed by atoms with Crippen molar-refractivity contribution in [3.8, 4) is 0 Å². The lowest BCUT2D eigenvalue weighted by Crippen LogP contribution is -2.67. The lowest BCUT2D eigenvalue weighted by molar-refractivity contribution is -0.144. The molecule has 0 unspecified atom stereocenters. The Kier molecular flexibility index (Phi) is 8.00. The molecule has 0 spiro atoms. The number of benzene rings is 2. The molecule has 0 bridgehead atoms. The molecular weight excluding hydrogens is 376 g/mol. The van der Waals surface area contributed by atoms with Crippen LogP contribution in [0.2, 0.25) is 5.04 Å². The molecule has 156 valence electrons. The third-order valence-electron chi connectivity index (χ3n) is 5.23. The average molecular weight is 411 g/mol. The van der Waals surface area contributed by atoms with Gasteiger partial charge in [0.1, 0.15) is 6.10 Å². The van der Waals surface area contributed by atoms with E-state index in [4.69, 9.17) is 9.16 Å². The van der Waals surface area contributed by atoms with Crippen LogP contribution in [0, 0.1) is 0 Å². The van der Waals surface area contributed by atoms with Crippen LogP contribution in [0.15, 0.2) is 73.3 Å². The van der Waals surface area contributed by atoms with Gasteiger partial charge in [0.15, 0.2) is 0 Å². The van der Waals surface area contributed by atoms with Crippen molar-refractivity contribution in [2.45, 2.75) is 64.7 Å². The predicted molar refractivity (Wildman–Crippen MR) is 123 cm³/mol. The van der Waals surface area contributed by atoms with Gasteiger partial charge in [-0.25, -0.2) is 0 Å². The number of hydrogen-bond donors (Lipinski definition) is 0. The summed E-state index contributed by atoms with van der Waals surface area (Å²) in [5.41, 5.74) is 0. The smallest absolute Gasteiger partial charge is 0.303 e. The van der Waals surface area contributed by atoms with Crippen LogP contribution in [-0.4, -0.2) is 26.5 Å². The number of carbonyl (C=O) groups excluding carboxylic acids is 1. The Morgan fingerprint density at radius 1 is 1.00 bits per heavy atom. The van der Waals surface area contributed by atoms with E-state index in [2.05, 4.69) is 82.8 Å². The highest BCUT2D eigenvalue weighted by molar-refractivity contribution is 6.99. The van der Waals surface area contributed by atoms with E-state index in [0.29, 0.717) is 6.42 Å². The van der Waals surface area contributed by atoms with Crippen molar-refractivity contribution in [2.75, 3.05) is 0 Å². The standard InChI is InChI=1S/C25H34O3Si/c1-7-22(27-21(3)26)19-18-20(2)28-29(25(4,5)6,23-14-10-8-11-15-23)24-16-12-9-13-17-24/h7-17,20,22H,1,18-19H2,2-6H3/t20-,22-/m0/s1. The minimum atomic E-state index is -2.56. The minimum absolute atomic E-state index is 0.0133. The van der Waals surface area contributed by atoms with E-state index in [1.165, 1.54) is 17.3 Å². The second kappa shape index (κ2) is 10.0. The summed E-state index contributed by atoms with van der Waals surface area (Å²) < 4.78 is 12.4. The van der Waals surface area contributed by atoms with E-state index in [0.717, 1.165) is 6.42 Å². The van der Waals surface area contributed by atoms with Gasteiger partial charge in [-0.15, -0.1) is 0 Å². The Hall–Kier alpha value is -2.17. The Morgan fingerprint density at radius 2 is 1.48 bits per heavy atom. The Morgan fingerprint density at radius 3 is 1.86 bits per heavy atom. The topological polar surface area (TPSA) is 35.5 Å². The minimum Gasteiger partial charge on any atom is -0.458 e. The lowest BCUT2D eigenvalue weighted by Gasteiger charge is -2.44. The van der Waals surface area contributed by atoms with Crippen LogP contribution in [0.1, 0.15) is 47.5 Å². The molecule has 29 heavy (non-hydrogen) atoms. The highest BCUT2D eigenvalue weighted by atomic mass is 28.4. The van der Waals surface area contributed by atoms with E-state index < -0.39 is 8.32 Å². The quantitative estimate of drug-likeness (QED) is 0.337. The van der Waals surface area contributed by atoms with Crippen LogP contribution in [-0.2, 0) is 14.0 Å². The second-order valence-corrected chi connectivity index (χ2v) is 12.8. The zero-order valence-electron chi connectivity index (χ0n) is 18.4. The molecular formula is C25H34O3Si. The van der Waals surface area contributed by atoms with Crippen LogP contribution in [0.5, 0.6) is 0 Å². The van der Waals surface area contributed by atoms with E-state index >= 15 is 0 Å².